The maximum absolute atomic E-state index is 5.50. The molecule has 1 atom stereocenters. The summed E-state index contributed by atoms with van der Waals surface area (Å²) in [5.41, 5.74) is 14.0. The summed E-state index contributed by atoms with van der Waals surface area (Å²) in [7, 11) is 0. The Kier molecular flexibility index (Phi) is 11.0. The van der Waals surface area contributed by atoms with E-state index in [1.54, 1.807) is 0 Å². The number of nitrogens with one attached hydrogen (secondary N) is 1. The number of thiophene rings is 1. The Balaban J connectivity index is 1.19. The number of allylic oxidation sites excluding steroid dienone is 11. The summed E-state index contributed by atoms with van der Waals surface area (Å²) in [6, 6.07) is 36.7. The summed E-state index contributed by atoms with van der Waals surface area (Å²) < 4.78 is 1.27. The average Bonchev–Trinajstić information content (AvgIpc) is 3.67. The highest BCUT2D eigenvalue weighted by Crippen LogP contribution is 2.44. The first-order valence-electron chi connectivity index (χ1n) is 19.5. The second-order valence-electron chi connectivity index (χ2n) is 14.2. The minimum Gasteiger partial charge on any atom is -0.325 e. The first-order chi connectivity index (χ1) is 27.1. The van der Waals surface area contributed by atoms with Crippen LogP contribution in [0.5, 0.6) is 0 Å². The van der Waals surface area contributed by atoms with Crippen molar-refractivity contribution in [1.29, 1.82) is 0 Å². The van der Waals surface area contributed by atoms with Gasteiger partial charge in [-0.1, -0.05) is 159 Å². The van der Waals surface area contributed by atoms with E-state index in [4.69, 9.17) is 9.98 Å². The van der Waals surface area contributed by atoms with Crippen molar-refractivity contribution in [1.82, 2.24) is 5.32 Å². The largest absolute Gasteiger partial charge is 0.325 e. The molecule has 0 saturated carbocycles. The third-order valence-corrected chi connectivity index (χ3v) is 12.0. The third kappa shape index (κ3) is 7.61. The van der Waals surface area contributed by atoms with Crippen LogP contribution in [0.15, 0.2) is 190 Å². The van der Waals surface area contributed by atoms with Crippen molar-refractivity contribution in [2.45, 2.75) is 58.5 Å². The Hall–Kier alpha value is -5.84. The van der Waals surface area contributed by atoms with E-state index >= 15 is 0 Å². The number of hydrogen-bond donors (Lipinski definition) is 1. The molecule has 3 aliphatic rings. The SMILES string of the molecule is C=CCCC1=C(/C=C\Cc2ccc(-c3ccccc3)cc2)CC(=C/C)/C1=C(\CC)C1=NC(c2cccc3c4c(sc23)CC=CC=C4)N=C(c2ccccc2)N1. The van der Waals surface area contributed by atoms with E-state index < -0.39 is 0 Å². The molecule has 55 heavy (non-hydrogen) atoms. The summed E-state index contributed by atoms with van der Waals surface area (Å²) in [6.45, 7) is 8.55. The molecule has 5 aromatic rings. The zero-order valence-corrected chi connectivity index (χ0v) is 32.6. The van der Waals surface area contributed by atoms with E-state index in [1.807, 2.05) is 17.4 Å². The Morgan fingerprint density at radius 3 is 2.38 bits per heavy atom. The first-order valence-corrected chi connectivity index (χ1v) is 20.4. The highest BCUT2D eigenvalue weighted by Gasteiger charge is 2.30. The van der Waals surface area contributed by atoms with Crippen LogP contribution in [0.2, 0.25) is 0 Å². The average molecular weight is 734 g/mol. The lowest BCUT2D eigenvalue weighted by molar-refractivity contribution is 0.760. The fraction of sp³-hybridized carbons (Fsp3) is 0.176. The molecule has 2 heterocycles. The molecule has 0 amide bonds. The van der Waals surface area contributed by atoms with Crippen LogP contribution in [0, 0.1) is 0 Å². The maximum atomic E-state index is 5.50. The van der Waals surface area contributed by atoms with E-state index in [1.165, 1.54) is 65.1 Å². The number of amidine groups is 2. The minimum atomic E-state index is -0.372. The lowest BCUT2D eigenvalue weighted by atomic mass is 9.92. The molecule has 1 aromatic heterocycles. The number of hydrogen-bond acceptors (Lipinski definition) is 4. The summed E-state index contributed by atoms with van der Waals surface area (Å²) in [6.07, 6.45) is 22.9. The Morgan fingerprint density at radius 2 is 1.64 bits per heavy atom. The lowest BCUT2D eigenvalue weighted by Gasteiger charge is -2.25. The second-order valence-corrected chi connectivity index (χ2v) is 15.3. The van der Waals surface area contributed by atoms with Crippen molar-refractivity contribution in [2.75, 3.05) is 0 Å². The number of benzene rings is 4. The van der Waals surface area contributed by atoms with Crippen LogP contribution in [0.1, 0.15) is 72.8 Å². The van der Waals surface area contributed by atoms with E-state index in [-0.39, 0.29) is 6.17 Å². The van der Waals surface area contributed by atoms with Gasteiger partial charge in [-0.25, -0.2) is 9.98 Å². The third-order valence-electron chi connectivity index (χ3n) is 10.8. The van der Waals surface area contributed by atoms with Crippen LogP contribution >= 0.6 is 11.3 Å². The van der Waals surface area contributed by atoms with Crippen molar-refractivity contribution in [3.05, 3.63) is 207 Å². The van der Waals surface area contributed by atoms with Crippen LogP contribution in [0.3, 0.4) is 0 Å². The highest BCUT2D eigenvalue weighted by molar-refractivity contribution is 7.19. The van der Waals surface area contributed by atoms with Gasteiger partial charge >= 0.3 is 0 Å². The van der Waals surface area contributed by atoms with Gasteiger partial charge in [-0.15, -0.1) is 17.9 Å². The Morgan fingerprint density at radius 1 is 0.873 bits per heavy atom. The molecule has 3 nitrogen and oxygen atoms in total. The predicted octanol–water partition coefficient (Wildman–Crippen LogP) is 13.3. The molecule has 1 N–H and O–H groups in total. The molecular weight excluding hydrogens is 687 g/mol. The minimum absolute atomic E-state index is 0.372. The van der Waals surface area contributed by atoms with Crippen LogP contribution in [0.4, 0.5) is 0 Å². The topological polar surface area (TPSA) is 36.8 Å². The summed E-state index contributed by atoms with van der Waals surface area (Å²) >= 11 is 1.88. The van der Waals surface area contributed by atoms with Crippen LogP contribution in [-0.4, -0.2) is 11.7 Å². The number of fused-ring (bicyclic) bond motifs is 3. The molecule has 4 heteroatoms. The summed E-state index contributed by atoms with van der Waals surface area (Å²) in [5.74, 6) is 1.77. The summed E-state index contributed by atoms with van der Waals surface area (Å²) in [5, 5.41) is 5.04. The molecule has 8 rings (SSSR count). The van der Waals surface area contributed by atoms with Crippen molar-refractivity contribution in [3.8, 4) is 11.1 Å². The smallest absolute Gasteiger partial charge is 0.171 e. The van der Waals surface area contributed by atoms with Crippen molar-refractivity contribution in [3.63, 3.8) is 0 Å². The lowest BCUT2D eigenvalue weighted by Crippen LogP contribution is -2.37. The molecule has 0 bridgehead atoms. The normalized spacial score (nSPS) is 18.4. The zero-order valence-electron chi connectivity index (χ0n) is 31.8. The molecular formula is C51H47N3S. The molecule has 1 unspecified atom stereocenters. The van der Waals surface area contributed by atoms with Gasteiger partial charge in [-0.3, -0.25) is 0 Å². The molecule has 0 fully saturated rings. The van der Waals surface area contributed by atoms with Crippen LogP contribution in [0.25, 0.3) is 27.3 Å². The van der Waals surface area contributed by atoms with Gasteiger partial charge in [-0.05, 0) is 83.6 Å². The van der Waals surface area contributed by atoms with Gasteiger partial charge in [-0.2, -0.15) is 0 Å². The van der Waals surface area contributed by atoms with Crippen molar-refractivity contribution < 1.29 is 0 Å². The predicted molar refractivity (Wildman–Crippen MR) is 237 cm³/mol. The number of rotatable bonds is 11. The van der Waals surface area contributed by atoms with Gasteiger partial charge in [0.25, 0.3) is 0 Å². The van der Waals surface area contributed by atoms with Gasteiger partial charge in [0.05, 0.1) is 0 Å². The van der Waals surface area contributed by atoms with Crippen molar-refractivity contribution in [2.24, 2.45) is 9.98 Å². The molecule has 1 aliphatic heterocycles. The standard InChI is InChI=1S/C51H47N3S/c1-4-7-25-42-40(24-17-19-35-30-32-38(33-31-35)37-20-11-8-12-21-37)34-36(5-2)47(42)41(6-3)50-52-49(39-22-13-9-14-23-39)53-51(54-50)45-28-18-27-44-43-26-15-10-16-29-46(43)55-48(44)45/h4-5,8-18,20-24,26-28,30-33,51H,1,6-7,19,25,29,34H2,2-3H3,(H,52,53,54)/b24-17-,36-5-,47-41-. The van der Waals surface area contributed by atoms with E-state index in [2.05, 4.69) is 171 Å². The van der Waals surface area contributed by atoms with Crippen LogP contribution in [-0.2, 0) is 12.8 Å². The van der Waals surface area contributed by atoms with Gasteiger partial charge in [0.1, 0.15) is 11.7 Å². The fourth-order valence-corrected chi connectivity index (χ4v) is 9.26. The van der Waals surface area contributed by atoms with Gasteiger partial charge in [0.2, 0.25) is 0 Å². The Bertz CT molecular complexity index is 2460. The van der Waals surface area contributed by atoms with E-state index in [0.29, 0.717) is 0 Å². The number of aliphatic imine (C=N–C) groups is 2. The monoisotopic (exact) mass is 733 g/mol. The molecule has 4 aromatic carbocycles. The molecule has 0 saturated heterocycles. The zero-order chi connectivity index (χ0) is 37.6. The van der Waals surface area contributed by atoms with Crippen LogP contribution < -0.4 is 5.32 Å². The molecule has 2 aliphatic carbocycles. The quantitative estimate of drug-likeness (QED) is 0.135. The van der Waals surface area contributed by atoms with E-state index in [9.17, 15) is 0 Å². The molecule has 272 valence electrons. The van der Waals surface area contributed by atoms with Gasteiger partial charge < -0.3 is 5.32 Å². The number of nitrogens with zero attached hydrogens (tertiary/aromatic N) is 2. The Labute approximate surface area is 330 Å². The fourth-order valence-electron chi connectivity index (χ4n) is 7.97. The maximum Gasteiger partial charge on any atom is 0.171 e. The first kappa shape index (κ1) is 36.2. The van der Waals surface area contributed by atoms with Gasteiger partial charge in [0, 0.05) is 38.1 Å². The molecule has 0 radical (unpaired) electrons. The highest BCUT2D eigenvalue weighted by atomic mass is 32.1. The van der Waals surface area contributed by atoms with Crippen molar-refractivity contribution >= 4 is 39.2 Å². The van der Waals surface area contributed by atoms with Gasteiger partial charge in [0.15, 0.2) is 6.17 Å². The van der Waals surface area contributed by atoms with E-state index in [0.717, 1.165) is 61.3 Å². The second kappa shape index (κ2) is 16.7. The summed E-state index contributed by atoms with van der Waals surface area (Å²) in [4.78, 5) is 12.2. The molecule has 0 spiro atoms.